The van der Waals surface area contributed by atoms with E-state index in [0.717, 1.165) is 6.92 Å². The van der Waals surface area contributed by atoms with Gasteiger partial charge < -0.3 is 19.0 Å². The summed E-state index contributed by atoms with van der Waals surface area (Å²) >= 11 is 0. The summed E-state index contributed by atoms with van der Waals surface area (Å²) in [6.07, 6.45) is 0. The van der Waals surface area contributed by atoms with Crippen molar-refractivity contribution in [1.82, 2.24) is 0 Å². The van der Waals surface area contributed by atoms with Crippen LogP contribution in [0.2, 0.25) is 0 Å². The molecule has 0 rings (SSSR count). The van der Waals surface area contributed by atoms with Gasteiger partial charge in [-0.05, 0) is 6.92 Å². The summed E-state index contributed by atoms with van der Waals surface area (Å²) in [5.74, 6) is -1.08. The average molecular weight is 235 g/mol. The van der Waals surface area contributed by atoms with Crippen molar-refractivity contribution in [1.29, 1.82) is 0 Å². The van der Waals surface area contributed by atoms with Crippen molar-refractivity contribution >= 4 is 91.8 Å². The van der Waals surface area contributed by atoms with Gasteiger partial charge >= 0.3 is 75.5 Å². The van der Waals surface area contributed by atoms with Crippen LogP contribution in [0.3, 0.4) is 0 Å². The summed E-state index contributed by atoms with van der Waals surface area (Å²) < 4.78 is 34.1. The third-order valence-corrected chi connectivity index (χ3v) is 0. The second kappa shape index (κ2) is 11.9. The summed E-state index contributed by atoms with van der Waals surface area (Å²) in [5.41, 5.74) is 0. The van der Waals surface area contributed by atoms with E-state index in [9.17, 15) is 0 Å². The van der Waals surface area contributed by atoms with Gasteiger partial charge in [0.25, 0.3) is 0 Å². The summed E-state index contributed by atoms with van der Waals surface area (Å²) in [4.78, 5) is 8.89. The van der Waals surface area contributed by atoms with E-state index in [2.05, 4.69) is 0 Å². The molecule has 0 aliphatic carbocycles. The molecule has 0 amide bonds. The number of carbonyl (C=O) groups excluding carboxylic acids is 1. The van der Waals surface area contributed by atoms with Gasteiger partial charge in [0.2, 0.25) is 0 Å². The van der Waals surface area contributed by atoms with Crippen molar-refractivity contribution < 1.29 is 27.4 Å². The Bertz CT molecular complexity index is 161. The fraction of sp³-hybridized carbons (Fsp3) is 0.500. The van der Waals surface area contributed by atoms with Crippen molar-refractivity contribution in [2.45, 2.75) is 6.92 Å². The van der Waals surface area contributed by atoms with E-state index < -0.39 is 16.4 Å². The van der Waals surface area contributed by atoms with E-state index in [0.29, 0.717) is 0 Å². The maximum absolute atomic E-state index is 8.89. The largest absolute Gasteiger partial charge is 2.00 e. The Labute approximate surface area is 124 Å². The Morgan fingerprint density at radius 2 is 1.18 bits per heavy atom. The molecule has 0 saturated carbocycles. The number of carboxylic acid groups (broad SMARTS) is 1. The quantitative estimate of drug-likeness (QED) is 0.246. The van der Waals surface area contributed by atoms with Gasteiger partial charge in [0.15, 0.2) is 0 Å². The average Bonchev–Trinajstić information content (AvgIpc) is 1.19. The van der Waals surface area contributed by atoms with Crippen LogP contribution in [0.5, 0.6) is 0 Å². The number of hydrogen-bond donors (Lipinski definition) is 0. The van der Waals surface area contributed by atoms with Crippen LogP contribution in [0.25, 0.3) is 0 Å². The molecule has 0 atom stereocenters. The third-order valence-electron chi connectivity index (χ3n) is 0. The minimum absolute atomic E-state index is 0. The number of carboxylic acids is 1. The number of hydrogen-bond acceptors (Lipinski definition) is 6. The molecular formula is C2H3Ca2O6S+. The zero-order valence-electron chi connectivity index (χ0n) is 5.77. The predicted octanol–water partition coefficient (Wildman–Crippen LogP) is -3.34. The SMILES string of the molecule is CC(=O)[O-].O=S(=O)([O-])[O-].[Ca+2].[Ca+2]. The molecule has 0 aromatic heterocycles. The van der Waals surface area contributed by atoms with E-state index >= 15 is 0 Å². The maximum Gasteiger partial charge on any atom is 2.00 e. The van der Waals surface area contributed by atoms with Gasteiger partial charge in [0, 0.05) is 16.4 Å². The molecular weight excluding hydrogens is 232 g/mol. The molecule has 0 bridgehead atoms. The zero-order chi connectivity index (χ0) is 8.08. The molecule has 0 spiro atoms. The minimum atomic E-state index is -5.17. The van der Waals surface area contributed by atoms with E-state index in [1.807, 2.05) is 0 Å². The van der Waals surface area contributed by atoms with Crippen LogP contribution in [0.1, 0.15) is 6.92 Å². The predicted molar refractivity (Wildman–Crippen MR) is 32.7 cm³/mol. The Morgan fingerprint density at radius 1 is 1.18 bits per heavy atom. The molecule has 0 N–H and O–H groups in total. The van der Waals surface area contributed by atoms with E-state index in [1.54, 1.807) is 0 Å². The summed E-state index contributed by atoms with van der Waals surface area (Å²) in [6.45, 7) is 0.972. The summed E-state index contributed by atoms with van der Waals surface area (Å²) in [5, 5.41) is 8.89. The maximum atomic E-state index is 8.89. The van der Waals surface area contributed by atoms with Crippen molar-refractivity contribution in [3.63, 3.8) is 0 Å². The summed E-state index contributed by atoms with van der Waals surface area (Å²) in [6, 6.07) is 0. The van der Waals surface area contributed by atoms with Crippen molar-refractivity contribution in [2.24, 2.45) is 0 Å². The van der Waals surface area contributed by atoms with Crippen LogP contribution >= 0.6 is 0 Å². The molecule has 0 aromatic rings. The van der Waals surface area contributed by atoms with E-state index in [-0.39, 0.29) is 75.5 Å². The van der Waals surface area contributed by atoms with Crippen molar-refractivity contribution in [2.75, 3.05) is 0 Å². The molecule has 9 heteroatoms. The summed E-state index contributed by atoms with van der Waals surface area (Å²) in [7, 11) is -5.17. The number of rotatable bonds is 0. The van der Waals surface area contributed by atoms with Gasteiger partial charge in [-0.15, -0.1) is 0 Å². The van der Waals surface area contributed by atoms with Gasteiger partial charge in [-0.25, -0.2) is 0 Å². The Kier molecular flexibility index (Phi) is 24.8. The fourth-order valence-corrected chi connectivity index (χ4v) is 0. The first-order chi connectivity index (χ1) is 3.73. The van der Waals surface area contributed by atoms with Crippen LogP contribution < -0.4 is 5.11 Å². The molecule has 0 fully saturated rings. The van der Waals surface area contributed by atoms with Crippen LogP contribution in [-0.4, -0.2) is 99.0 Å². The molecule has 0 aromatic carbocycles. The van der Waals surface area contributed by atoms with E-state index in [4.69, 9.17) is 27.4 Å². The molecule has 0 aliphatic rings. The van der Waals surface area contributed by atoms with Crippen LogP contribution in [0.4, 0.5) is 0 Å². The molecule has 0 unspecified atom stereocenters. The van der Waals surface area contributed by atoms with Crippen LogP contribution in [-0.2, 0) is 15.2 Å². The van der Waals surface area contributed by atoms with Gasteiger partial charge in [0.05, 0.1) is 0 Å². The molecule has 0 saturated heterocycles. The first-order valence-electron chi connectivity index (χ1n) is 1.57. The second-order valence-corrected chi connectivity index (χ2v) is 1.72. The van der Waals surface area contributed by atoms with Crippen LogP contribution in [0.15, 0.2) is 0 Å². The molecule has 11 heavy (non-hydrogen) atoms. The normalized spacial score (nSPS) is 7.55. The van der Waals surface area contributed by atoms with Gasteiger partial charge in [0.1, 0.15) is 0 Å². The Balaban J connectivity index is -0.0000000383. The molecule has 0 radical (unpaired) electrons. The van der Waals surface area contributed by atoms with Gasteiger partial charge in [-0.2, -0.15) is 0 Å². The van der Waals surface area contributed by atoms with Gasteiger partial charge in [-0.1, -0.05) is 0 Å². The Morgan fingerprint density at radius 3 is 1.18 bits per heavy atom. The smallest absolute Gasteiger partial charge is 0.759 e. The fourth-order valence-electron chi connectivity index (χ4n) is 0. The van der Waals surface area contributed by atoms with Crippen LogP contribution in [0, 0.1) is 0 Å². The number of aliphatic carboxylic acids is 1. The molecule has 0 heterocycles. The Hall–Kier alpha value is 1.86. The monoisotopic (exact) mass is 235 g/mol. The molecule has 56 valence electrons. The third kappa shape index (κ3) is 333. The first-order valence-corrected chi connectivity index (χ1v) is 2.91. The first kappa shape index (κ1) is 23.0. The molecule has 6 nitrogen and oxygen atoms in total. The van der Waals surface area contributed by atoms with Crippen molar-refractivity contribution in [3.05, 3.63) is 0 Å². The topological polar surface area (TPSA) is 120 Å². The minimum Gasteiger partial charge on any atom is -0.759 e. The standard InChI is InChI=1S/C2H4O2.2Ca.H2O4S/c1-2(3)4;;;1-5(2,3)4/h1H3,(H,3,4);;;(H2,1,2,3,4)/q;2*+2;/p-3. The number of carbonyl (C=O) groups is 1. The second-order valence-electron chi connectivity index (χ2n) is 0.900. The zero-order valence-corrected chi connectivity index (χ0v) is 11.0. The van der Waals surface area contributed by atoms with Crippen molar-refractivity contribution in [3.8, 4) is 0 Å². The van der Waals surface area contributed by atoms with Gasteiger partial charge in [-0.3, -0.25) is 8.42 Å². The molecule has 0 aliphatic heterocycles. The van der Waals surface area contributed by atoms with E-state index in [1.165, 1.54) is 0 Å².